The molecule has 0 rings (SSSR count). The number of unbranched alkanes of at least 4 members (excludes halogenated alkanes) is 3. The van der Waals surface area contributed by atoms with Gasteiger partial charge in [0.25, 0.3) is 0 Å². The highest BCUT2D eigenvalue weighted by Crippen LogP contribution is 2.13. The molecule has 0 amide bonds. The van der Waals surface area contributed by atoms with E-state index in [0.717, 1.165) is 38.5 Å². The highest BCUT2D eigenvalue weighted by atomic mass is 127. The molecular weight excluding hydrogens is 427 g/mol. The summed E-state index contributed by atoms with van der Waals surface area (Å²) in [7, 11) is 0. The molecule has 19 heavy (non-hydrogen) atoms. The molecule has 118 valence electrons. The van der Waals surface area contributed by atoms with Gasteiger partial charge in [0.2, 0.25) is 0 Å². The van der Waals surface area contributed by atoms with E-state index in [1.54, 1.807) is 0 Å². The second kappa shape index (κ2) is 18.3. The van der Waals surface area contributed by atoms with Crippen LogP contribution < -0.4 is 12.3 Å². The molecule has 0 aromatic heterocycles. The summed E-state index contributed by atoms with van der Waals surface area (Å²) in [6.07, 6.45) is 6.07. The fourth-order valence-corrected chi connectivity index (χ4v) is 1.82. The van der Waals surface area contributed by atoms with Gasteiger partial charge in [-0.2, -0.15) is 0 Å². The van der Waals surface area contributed by atoms with Gasteiger partial charge in [-0.15, -0.1) is 17.0 Å². The van der Waals surface area contributed by atoms with Gasteiger partial charge >= 0.3 is 11.9 Å². The number of halogens is 2. The second-order valence-corrected chi connectivity index (χ2v) is 5.36. The Bertz CT molecular complexity index is 231. The quantitative estimate of drug-likeness (QED) is 0.184. The summed E-state index contributed by atoms with van der Waals surface area (Å²) >= 11 is 2.04. The molecule has 0 aliphatic carbocycles. The van der Waals surface area contributed by atoms with Crippen molar-refractivity contribution in [1.82, 2.24) is 12.3 Å². The first-order chi connectivity index (χ1) is 7.61. The summed E-state index contributed by atoms with van der Waals surface area (Å²) in [5.41, 5.74) is 0. The smallest absolute Gasteiger partial charge is 0.326 e. The SMILES string of the molecule is Br.CCCCCC(=O)OC(=O)C(I)CCCC.N.N. The van der Waals surface area contributed by atoms with E-state index in [4.69, 9.17) is 4.74 Å². The number of alkyl halides is 1. The number of carbonyl (C=O) groups is 2. The third kappa shape index (κ3) is 16.2. The van der Waals surface area contributed by atoms with Crippen LogP contribution in [0.2, 0.25) is 0 Å². The molecule has 0 spiro atoms. The summed E-state index contributed by atoms with van der Waals surface area (Å²) in [4.78, 5) is 22.7. The standard InChI is InChI=1S/C12H21IO3.BrH.2H3N/c1-3-5-7-9-11(14)16-12(15)10(13)8-6-4-2;;;/h10H,3-9H2,1-2H3;1H;2*1H3. The minimum Gasteiger partial charge on any atom is -0.392 e. The molecule has 0 aliphatic heterocycles. The lowest BCUT2D eigenvalue weighted by molar-refractivity contribution is -0.159. The van der Waals surface area contributed by atoms with Crippen LogP contribution in [0.3, 0.4) is 0 Å². The molecule has 0 aromatic carbocycles. The van der Waals surface area contributed by atoms with Gasteiger partial charge in [-0.3, -0.25) is 9.59 Å². The average molecular weight is 455 g/mol. The molecule has 0 saturated carbocycles. The predicted octanol–water partition coefficient (Wildman–Crippen LogP) is 4.53. The molecule has 0 bridgehead atoms. The summed E-state index contributed by atoms with van der Waals surface area (Å²) in [5.74, 6) is -0.757. The molecule has 1 unspecified atom stereocenters. The van der Waals surface area contributed by atoms with Crippen molar-refractivity contribution in [3.63, 3.8) is 0 Å². The van der Waals surface area contributed by atoms with Crippen LogP contribution in [-0.2, 0) is 14.3 Å². The van der Waals surface area contributed by atoms with Crippen molar-refractivity contribution in [2.24, 2.45) is 0 Å². The van der Waals surface area contributed by atoms with Crippen molar-refractivity contribution in [1.29, 1.82) is 0 Å². The lowest BCUT2D eigenvalue weighted by atomic mass is 10.2. The number of ether oxygens (including phenoxy) is 1. The number of rotatable bonds is 8. The van der Waals surface area contributed by atoms with Crippen molar-refractivity contribution in [3.05, 3.63) is 0 Å². The van der Waals surface area contributed by atoms with Crippen LogP contribution in [0.1, 0.15) is 58.8 Å². The van der Waals surface area contributed by atoms with E-state index >= 15 is 0 Å². The van der Waals surface area contributed by atoms with Gasteiger partial charge in [-0.1, -0.05) is 62.1 Å². The Balaban J connectivity index is -0.000000375. The fourth-order valence-electron chi connectivity index (χ4n) is 1.25. The number of carbonyl (C=O) groups excluding carboxylic acids is 2. The van der Waals surface area contributed by atoms with Gasteiger partial charge in [0.15, 0.2) is 0 Å². The van der Waals surface area contributed by atoms with Gasteiger partial charge in [-0.25, -0.2) is 0 Å². The Morgan fingerprint density at radius 2 is 1.58 bits per heavy atom. The van der Waals surface area contributed by atoms with Gasteiger partial charge in [0, 0.05) is 6.42 Å². The van der Waals surface area contributed by atoms with Crippen LogP contribution in [0.15, 0.2) is 0 Å². The predicted molar refractivity (Wildman–Crippen MR) is 92.9 cm³/mol. The van der Waals surface area contributed by atoms with Gasteiger partial charge in [-0.05, 0) is 12.8 Å². The van der Waals surface area contributed by atoms with E-state index in [2.05, 4.69) is 13.8 Å². The first-order valence-electron chi connectivity index (χ1n) is 6.00. The number of esters is 2. The molecular formula is C12H28BrIN2O3. The summed E-state index contributed by atoms with van der Waals surface area (Å²) in [6, 6.07) is 0. The minimum atomic E-state index is -0.379. The zero-order chi connectivity index (χ0) is 12.4. The van der Waals surface area contributed by atoms with Crippen molar-refractivity contribution < 1.29 is 14.3 Å². The maximum atomic E-state index is 11.4. The Hall–Kier alpha value is 0.270. The van der Waals surface area contributed by atoms with E-state index in [0.29, 0.717) is 6.42 Å². The van der Waals surface area contributed by atoms with Crippen molar-refractivity contribution in [3.8, 4) is 0 Å². The highest BCUT2D eigenvalue weighted by Gasteiger charge is 2.18. The maximum absolute atomic E-state index is 11.4. The minimum absolute atomic E-state index is 0. The second-order valence-electron chi connectivity index (χ2n) is 3.86. The molecule has 0 heterocycles. The molecule has 0 saturated heterocycles. The van der Waals surface area contributed by atoms with Crippen molar-refractivity contribution in [2.75, 3.05) is 0 Å². The summed E-state index contributed by atoms with van der Waals surface area (Å²) < 4.78 is 4.58. The third-order valence-electron chi connectivity index (χ3n) is 2.27. The van der Waals surface area contributed by atoms with Crippen molar-refractivity contribution >= 4 is 51.5 Å². The molecule has 0 aromatic rings. The van der Waals surface area contributed by atoms with E-state index in [1.165, 1.54) is 0 Å². The molecule has 7 heteroatoms. The van der Waals surface area contributed by atoms with Gasteiger partial charge in [0.1, 0.15) is 3.92 Å². The maximum Gasteiger partial charge on any atom is 0.326 e. The van der Waals surface area contributed by atoms with Gasteiger partial charge in [0.05, 0.1) is 0 Å². The number of hydrogen-bond donors (Lipinski definition) is 2. The normalized spacial score (nSPS) is 10.3. The van der Waals surface area contributed by atoms with E-state index in [1.807, 2.05) is 22.6 Å². The number of hydrogen-bond acceptors (Lipinski definition) is 5. The monoisotopic (exact) mass is 454 g/mol. The highest BCUT2D eigenvalue weighted by molar-refractivity contribution is 14.1. The zero-order valence-electron chi connectivity index (χ0n) is 12.0. The Kier molecular flexibility index (Phi) is 26.5. The van der Waals surface area contributed by atoms with Gasteiger partial charge < -0.3 is 17.0 Å². The van der Waals surface area contributed by atoms with Crippen LogP contribution in [0.25, 0.3) is 0 Å². The van der Waals surface area contributed by atoms with E-state index in [-0.39, 0.29) is 45.1 Å². The van der Waals surface area contributed by atoms with Crippen LogP contribution in [0.4, 0.5) is 0 Å². The Labute approximate surface area is 140 Å². The summed E-state index contributed by atoms with van der Waals surface area (Å²) in [5, 5.41) is 0. The molecule has 0 aliphatic rings. The summed E-state index contributed by atoms with van der Waals surface area (Å²) in [6.45, 7) is 4.15. The Morgan fingerprint density at radius 1 is 1.05 bits per heavy atom. The van der Waals surface area contributed by atoms with Crippen molar-refractivity contribution in [2.45, 2.75) is 62.7 Å². The zero-order valence-corrected chi connectivity index (χ0v) is 15.8. The third-order valence-corrected chi connectivity index (χ3v) is 3.40. The lowest BCUT2D eigenvalue weighted by Gasteiger charge is -2.07. The van der Waals surface area contributed by atoms with Crippen LogP contribution in [0, 0.1) is 0 Å². The topological polar surface area (TPSA) is 113 Å². The Morgan fingerprint density at radius 3 is 2.05 bits per heavy atom. The van der Waals surface area contributed by atoms with E-state index < -0.39 is 0 Å². The molecule has 5 nitrogen and oxygen atoms in total. The van der Waals surface area contributed by atoms with Crippen LogP contribution >= 0.6 is 39.6 Å². The van der Waals surface area contributed by atoms with E-state index in [9.17, 15) is 9.59 Å². The molecule has 1 atom stereocenters. The van der Waals surface area contributed by atoms with Crippen LogP contribution in [-0.4, -0.2) is 15.9 Å². The molecule has 0 fully saturated rings. The fraction of sp³-hybridized carbons (Fsp3) is 0.833. The average Bonchev–Trinajstić information content (AvgIpc) is 2.26. The van der Waals surface area contributed by atoms with Crippen LogP contribution in [0.5, 0.6) is 0 Å². The first kappa shape index (κ1) is 27.6. The molecule has 0 radical (unpaired) electrons. The first-order valence-corrected chi connectivity index (χ1v) is 7.25. The molecule has 6 N–H and O–H groups in total. The lowest BCUT2D eigenvalue weighted by Crippen LogP contribution is -2.21. The largest absolute Gasteiger partial charge is 0.392 e.